The van der Waals surface area contributed by atoms with Gasteiger partial charge in [0.25, 0.3) is 0 Å². The van der Waals surface area contributed by atoms with Crippen molar-refractivity contribution < 1.29 is 13.7 Å². The van der Waals surface area contributed by atoms with Gasteiger partial charge in [-0.1, -0.05) is 5.16 Å². The highest BCUT2D eigenvalue weighted by molar-refractivity contribution is 5.55. The first-order valence-electron chi connectivity index (χ1n) is 6.86. The molecule has 2 aromatic heterocycles. The first kappa shape index (κ1) is 12.2. The summed E-state index contributed by atoms with van der Waals surface area (Å²) >= 11 is 0. The topological polar surface area (TPSA) is 61.3 Å². The van der Waals surface area contributed by atoms with Gasteiger partial charge in [-0.2, -0.15) is 4.98 Å². The number of rotatable bonds is 4. The van der Waals surface area contributed by atoms with Crippen LogP contribution in [0.2, 0.25) is 0 Å². The number of ether oxygens (including phenoxy) is 1. The van der Waals surface area contributed by atoms with Crippen LogP contribution in [0.3, 0.4) is 0 Å². The van der Waals surface area contributed by atoms with Crippen molar-refractivity contribution in [2.75, 3.05) is 7.11 Å². The van der Waals surface area contributed by atoms with Gasteiger partial charge >= 0.3 is 0 Å². The van der Waals surface area contributed by atoms with E-state index in [1.165, 1.54) is 0 Å². The zero-order valence-corrected chi connectivity index (χ0v) is 11.5. The number of hydrogen-bond donors (Lipinski definition) is 0. The third kappa shape index (κ3) is 2.20. The molecule has 0 radical (unpaired) electrons. The molecule has 0 aliphatic heterocycles. The van der Waals surface area contributed by atoms with Crippen LogP contribution in [-0.4, -0.2) is 17.3 Å². The number of nitrogens with zero attached hydrogens (tertiary/aromatic N) is 2. The molecule has 3 aromatic rings. The molecule has 2 atom stereocenters. The number of furan rings is 1. The Morgan fingerprint density at radius 1 is 1.14 bits per heavy atom. The molecule has 5 nitrogen and oxygen atoms in total. The molecule has 0 amide bonds. The van der Waals surface area contributed by atoms with Gasteiger partial charge < -0.3 is 13.7 Å². The second kappa shape index (κ2) is 4.77. The molecular weight excluding hydrogens is 268 g/mol. The fourth-order valence-corrected chi connectivity index (χ4v) is 2.53. The molecular formula is C16H14N2O3. The first-order chi connectivity index (χ1) is 10.3. The fourth-order valence-electron chi connectivity index (χ4n) is 2.53. The van der Waals surface area contributed by atoms with Crippen molar-refractivity contribution in [3.63, 3.8) is 0 Å². The van der Waals surface area contributed by atoms with Crippen LogP contribution >= 0.6 is 0 Å². The van der Waals surface area contributed by atoms with Gasteiger partial charge in [0.15, 0.2) is 0 Å². The van der Waals surface area contributed by atoms with Crippen LogP contribution in [0.4, 0.5) is 0 Å². The van der Waals surface area contributed by atoms with Crippen molar-refractivity contribution in [3.8, 4) is 17.1 Å². The molecule has 1 aliphatic rings. The molecule has 1 aliphatic carbocycles. The van der Waals surface area contributed by atoms with Crippen LogP contribution in [0.25, 0.3) is 11.4 Å². The lowest BCUT2D eigenvalue weighted by atomic mass is 10.2. The molecule has 1 aromatic carbocycles. The van der Waals surface area contributed by atoms with Crippen LogP contribution in [0, 0.1) is 0 Å². The summed E-state index contributed by atoms with van der Waals surface area (Å²) in [6.07, 6.45) is 2.69. The Morgan fingerprint density at radius 2 is 2.00 bits per heavy atom. The maximum atomic E-state index is 5.42. The molecule has 0 spiro atoms. The van der Waals surface area contributed by atoms with Gasteiger partial charge in [-0.05, 0) is 42.8 Å². The van der Waals surface area contributed by atoms with Crippen LogP contribution < -0.4 is 4.74 Å². The molecule has 4 rings (SSSR count). The smallest absolute Gasteiger partial charge is 0.230 e. The van der Waals surface area contributed by atoms with E-state index in [0.29, 0.717) is 17.6 Å². The lowest BCUT2D eigenvalue weighted by Gasteiger charge is -1.98. The van der Waals surface area contributed by atoms with Gasteiger partial charge in [0.1, 0.15) is 11.5 Å². The maximum Gasteiger partial charge on any atom is 0.230 e. The summed E-state index contributed by atoms with van der Waals surface area (Å²) in [7, 11) is 1.64. The molecule has 106 valence electrons. The summed E-state index contributed by atoms with van der Waals surface area (Å²) in [6, 6.07) is 11.5. The Bertz CT molecular complexity index is 731. The van der Waals surface area contributed by atoms with Gasteiger partial charge in [0.05, 0.1) is 13.4 Å². The monoisotopic (exact) mass is 282 g/mol. The molecule has 0 saturated heterocycles. The summed E-state index contributed by atoms with van der Waals surface area (Å²) in [4.78, 5) is 4.50. The quantitative estimate of drug-likeness (QED) is 0.731. The Hall–Kier alpha value is -2.56. The molecule has 0 bridgehead atoms. The zero-order chi connectivity index (χ0) is 14.2. The van der Waals surface area contributed by atoms with Crippen molar-refractivity contribution >= 4 is 0 Å². The largest absolute Gasteiger partial charge is 0.497 e. The van der Waals surface area contributed by atoms with E-state index >= 15 is 0 Å². The van der Waals surface area contributed by atoms with E-state index in [1.54, 1.807) is 13.4 Å². The van der Waals surface area contributed by atoms with Crippen molar-refractivity contribution in [1.29, 1.82) is 0 Å². The summed E-state index contributed by atoms with van der Waals surface area (Å²) in [5.74, 6) is 3.73. The minimum absolute atomic E-state index is 0.274. The third-order valence-corrected chi connectivity index (χ3v) is 3.81. The van der Waals surface area contributed by atoms with Gasteiger partial charge in [0, 0.05) is 17.4 Å². The first-order valence-corrected chi connectivity index (χ1v) is 6.86. The summed E-state index contributed by atoms with van der Waals surface area (Å²) in [5.41, 5.74) is 0.918. The summed E-state index contributed by atoms with van der Waals surface area (Å²) in [6.45, 7) is 0. The highest BCUT2D eigenvalue weighted by atomic mass is 16.5. The predicted octanol–water partition coefficient (Wildman–Crippen LogP) is 3.61. The maximum absolute atomic E-state index is 5.42. The average molecular weight is 282 g/mol. The number of methoxy groups -OCH3 is 1. The van der Waals surface area contributed by atoms with Crippen molar-refractivity contribution in [1.82, 2.24) is 10.1 Å². The number of hydrogen-bond acceptors (Lipinski definition) is 5. The minimum Gasteiger partial charge on any atom is -0.497 e. The second-order valence-electron chi connectivity index (χ2n) is 5.15. The van der Waals surface area contributed by atoms with E-state index in [1.807, 2.05) is 36.4 Å². The average Bonchev–Trinajstić information content (AvgIpc) is 2.97. The molecule has 21 heavy (non-hydrogen) atoms. The van der Waals surface area contributed by atoms with E-state index in [4.69, 9.17) is 13.7 Å². The molecule has 5 heteroatoms. The van der Waals surface area contributed by atoms with Crippen molar-refractivity contribution in [3.05, 3.63) is 54.3 Å². The van der Waals surface area contributed by atoms with E-state index in [9.17, 15) is 0 Å². The molecule has 0 unspecified atom stereocenters. The van der Waals surface area contributed by atoms with Gasteiger partial charge in [0.2, 0.25) is 11.7 Å². The highest BCUT2D eigenvalue weighted by Gasteiger charge is 2.45. The minimum atomic E-state index is 0.274. The van der Waals surface area contributed by atoms with Crippen molar-refractivity contribution in [2.45, 2.75) is 18.3 Å². The summed E-state index contributed by atoms with van der Waals surface area (Å²) in [5, 5.41) is 4.06. The number of benzene rings is 1. The van der Waals surface area contributed by atoms with E-state index in [0.717, 1.165) is 23.5 Å². The molecule has 2 heterocycles. The predicted molar refractivity (Wildman–Crippen MR) is 75.1 cm³/mol. The van der Waals surface area contributed by atoms with Crippen LogP contribution in [0.5, 0.6) is 5.75 Å². The van der Waals surface area contributed by atoms with Crippen LogP contribution in [-0.2, 0) is 0 Å². The second-order valence-corrected chi connectivity index (χ2v) is 5.15. The molecule has 0 N–H and O–H groups in total. The SMILES string of the molecule is COc1ccc(-c2noc([C@@H]3C[C@H]3c3ccco3)n2)cc1. The fraction of sp³-hybridized carbons (Fsp3) is 0.250. The molecule has 1 saturated carbocycles. The standard InChI is InChI=1S/C16H14N2O3/c1-19-11-6-4-10(5-7-11)15-17-16(21-18-15)13-9-12(13)14-3-2-8-20-14/h2-8,12-13H,9H2,1H3/t12-,13-/m1/s1. The zero-order valence-electron chi connectivity index (χ0n) is 11.5. The lowest BCUT2D eigenvalue weighted by Crippen LogP contribution is -1.85. The van der Waals surface area contributed by atoms with E-state index in [-0.39, 0.29) is 5.92 Å². The van der Waals surface area contributed by atoms with E-state index < -0.39 is 0 Å². The van der Waals surface area contributed by atoms with E-state index in [2.05, 4.69) is 10.1 Å². The Labute approximate surface area is 121 Å². The highest BCUT2D eigenvalue weighted by Crippen LogP contribution is 2.54. The van der Waals surface area contributed by atoms with Gasteiger partial charge in [-0.15, -0.1) is 0 Å². The lowest BCUT2D eigenvalue weighted by molar-refractivity contribution is 0.376. The van der Waals surface area contributed by atoms with Gasteiger partial charge in [-0.3, -0.25) is 0 Å². The number of aromatic nitrogens is 2. The molecule has 1 fully saturated rings. The van der Waals surface area contributed by atoms with Gasteiger partial charge in [-0.25, -0.2) is 0 Å². The van der Waals surface area contributed by atoms with Crippen LogP contribution in [0.15, 0.2) is 51.6 Å². The summed E-state index contributed by atoms with van der Waals surface area (Å²) < 4.78 is 16.0. The van der Waals surface area contributed by atoms with Crippen LogP contribution in [0.1, 0.15) is 29.9 Å². The Kier molecular flexibility index (Phi) is 2.77. The third-order valence-electron chi connectivity index (χ3n) is 3.81. The Balaban J connectivity index is 1.53. The van der Waals surface area contributed by atoms with Crippen molar-refractivity contribution in [2.24, 2.45) is 0 Å². The normalized spacial score (nSPS) is 20.4. The Morgan fingerprint density at radius 3 is 2.71 bits per heavy atom.